The normalized spacial score (nSPS) is 13.9. The zero-order chi connectivity index (χ0) is 21.8. The fourth-order valence-corrected chi connectivity index (χ4v) is 3.81. The lowest BCUT2D eigenvalue weighted by Crippen LogP contribution is -2.25. The fourth-order valence-electron chi connectivity index (χ4n) is 3.81. The molecule has 3 aromatic rings. The fraction of sp³-hybridized carbons (Fsp3) is 0.167. The van der Waals surface area contributed by atoms with E-state index in [0.717, 1.165) is 11.1 Å². The van der Waals surface area contributed by atoms with Crippen LogP contribution < -0.4 is 16.0 Å². The molecule has 4 N–H and O–H groups in total. The van der Waals surface area contributed by atoms with Crippen molar-refractivity contribution in [3.8, 4) is 5.75 Å². The molecule has 0 saturated carbocycles. The van der Waals surface area contributed by atoms with Crippen LogP contribution in [0.15, 0.2) is 72.8 Å². The highest BCUT2D eigenvalue weighted by molar-refractivity contribution is 5.96. The van der Waals surface area contributed by atoms with Crippen molar-refractivity contribution >= 4 is 17.6 Å². The number of anilines is 1. The molecule has 0 fully saturated rings. The van der Waals surface area contributed by atoms with Crippen LogP contribution in [0.5, 0.6) is 5.75 Å². The van der Waals surface area contributed by atoms with Gasteiger partial charge in [0.15, 0.2) is 0 Å². The van der Waals surface area contributed by atoms with Crippen molar-refractivity contribution in [2.24, 2.45) is 5.90 Å². The molecule has 0 saturated heterocycles. The third-order valence-electron chi connectivity index (χ3n) is 5.27. The highest BCUT2D eigenvalue weighted by atomic mass is 16.6. The molecule has 7 nitrogen and oxygen atoms in total. The zero-order valence-electron chi connectivity index (χ0n) is 16.7. The first-order valence-corrected chi connectivity index (χ1v) is 9.89. The van der Waals surface area contributed by atoms with Gasteiger partial charge < -0.3 is 15.2 Å². The summed E-state index contributed by atoms with van der Waals surface area (Å²) >= 11 is 0. The maximum Gasteiger partial charge on any atom is 0.339 e. The maximum atomic E-state index is 12.1. The number of ether oxygens (including phenoxy) is 1. The molecule has 0 aliphatic carbocycles. The Morgan fingerprint density at radius 1 is 0.935 bits per heavy atom. The first kappa shape index (κ1) is 20.6. The lowest BCUT2D eigenvalue weighted by atomic mass is 9.93. The van der Waals surface area contributed by atoms with Crippen molar-refractivity contribution < 1.29 is 24.3 Å². The smallest absolute Gasteiger partial charge is 0.339 e. The average Bonchev–Trinajstić information content (AvgIpc) is 2.79. The molecule has 1 amide bonds. The number of hydrogen-bond donors (Lipinski definition) is 3. The van der Waals surface area contributed by atoms with E-state index in [9.17, 15) is 14.7 Å². The molecule has 1 atom stereocenters. The molecule has 31 heavy (non-hydrogen) atoms. The Morgan fingerprint density at radius 2 is 1.55 bits per heavy atom. The number of nitrogens with two attached hydrogens (primary N) is 1. The molecule has 1 aliphatic rings. The van der Waals surface area contributed by atoms with Gasteiger partial charge >= 0.3 is 5.97 Å². The van der Waals surface area contributed by atoms with Crippen LogP contribution in [0.3, 0.4) is 0 Å². The summed E-state index contributed by atoms with van der Waals surface area (Å²) in [6, 6.07) is 22.8. The Bertz CT molecular complexity index is 1050. The number of nitrogens with one attached hydrogen (secondary N) is 1. The van der Waals surface area contributed by atoms with Crippen LogP contribution in [0, 0.1) is 0 Å². The number of hydrogen-bond acceptors (Lipinski definition) is 5. The van der Waals surface area contributed by atoms with Crippen LogP contribution in [0.2, 0.25) is 0 Å². The molecule has 0 bridgehead atoms. The molecule has 3 aromatic carbocycles. The lowest BCUT2D eigenvalue weighted by Gasteiger charge is -2.27. The van der Waals surface area contributed by atoms with E-state index in [4.69, 9.17) is 15.5 Å². The second-order valence-corrected chi connectivity index (χ2v) is 7.23. The van der Waals surface area contributed by atoms with Crippen molar-refractivity contribution in [3.63, 3.8) is 0 Å². The Kier molecular flexibility index (Phi) is 5.97. The van der Waals surface area contributed by atoms with Crippen molar-refractivity contribution in [2.45, 2.75) is 25.0 Å². The summed E-state index contributed by atoms with van der Waals surface area (Å²) in [5.74, 6) is 4.32. The minimum Gasteiger partial charge on any atom is -0.479 e. The van der Waals surface area contributed by atoms with Crippen LogP contribution in [-0.2, 0) is 20.8 Å². The van der Waals surface area contributed by atoms with Gasteiger partial charge in [-0.15, -0.1) is 0 Å². The van der Waals surface area contributed by atoms with E-state index in [2.05, 4.69) is 5.32 Å². The number of benzene rings is 3. The van der Waals surface area contributed by atoms with E-state index in [1.54, 1.807) is 12.1 Å². The second-order valence-electron chi connectivity index (χ2n) is 7.23. The SMILES string of the molecule is NOC(C(=O)O)c1ccc(OC(c2ccccc2)c2ccccc2)c2c1CCC(=O)N2. The molecule has 1 heterocycles. The number of amides is 1. The number of rotatable bonds is 7. The molecule has 1 unspecified atom stereocenters. The van der Waals surface area contributed by atoms with E-state index in [-0.39, 0.29) is 12.3 Å². The third-order valence-corrected chi connectivity index (χ3v) is 5.27. The van der Waals surface area contributed by atoms with Gasteiger partial charge in [-0.25, -0.2) is 10.7 Å². The van der Waals surface area contributed by atoms with Crippen LogP contribution in [-0.4, -0.2) is 17.0 Å². The predicted octanol–water partition coefficient (Wildman–Crippen LogP) is 3.76. The van der Waals surface area contributed by atoms with E-state index in [1.165, 1.54) is 0 Å². The molecule has 7 heteroatoms. The van der Waals surface area contributed by atoms with E-state index in [1.807, 2.05) is 60.7 Å². The quantitative estimate of drug-likeness (QED) is 0.504. The van der Waals surface area contributed by atoms with Crippen molar-refractivity contribution in [1.29, 1.82) is 0 Å². The zero-order valence-corrected chi connectivity index (χ0v) is 16.7. The van der Waals surface area contributed by atoms with Gasteiger partial charge in [0.25, 0.3) is 0 Å². The van der Waals surface area contributed by atoms with Crippen LogP contribution >= 0.6 is 0 Å². The summed E-state index contributed by atoms with van der Waals surface area (Å²) in [6.45, 7) is 0. The Morgan fingerprint density at radius 3 is 2.10 bits per heavy atom. The van der Waals surface area contributed by atoms with Gasteiger partial charge in [0.1, 0.15) is 11.9 Å². The highest BCUT2D eigenvalue weighted by Crippen LogP contribution is 2.41. The van der Waals surface area contributed by atoms with Gasteiger partial charge in [-0.1, -0.05) is 66.7 Å². The van der Waals surface area contributed by atoms with Gasteiger partial charge in [-0.2, -0.15) is 0 Å². The summed E-state index contributed by atoms with van der Waals surface area (Å²) in [7, 11) is 0. The van der Waals surface area contributed by atoms with Crippen molar-refractivity contribution in [1.82, 2.24) is 0 Å². The van der Waals surface area contributed by atoms with Gasteiger partial charge in [-0.05, 0) is 34.7 Å². The minimum absolute atomic E-state index is 0.161. The molecule has 0 spiro atoms. The van der Waals surface area contributed by atoms with E-state index < -0.39 is 18.2 Å². The standard InChI is InChI=1S/C24H22N2O5/c25-31-23(24(28)29)18-11-13-19(21-17(18)12-14-20(27)26-21)30-22(15-7-3-1-4-8-15)16-9-5-2-6-10-16/h1-11,13,22-23H,12,14,25H2,(H,26,27)(H,28,29). The largest absolute Gasteiger partial charge is 0.479 e. The molecule has 4 rings (SSSR count). The number of carbonyl (C=O) groups excluding carboxylic acids is 1. The molecule has 0 radical (unpaired) electrons. The molecular formula is C24H22N2O5. The van der Waals surface area contributed by atoms with E-state index >= 15 is 0 Å². The number of fused-ring (bicyclic) bond motifs is 1. The monoisotopic (exact) mass is 418 g/mol. The lowest BCUT2D eigenvalue weighted by molar-refractivity contribution is -0.151. The number of carbonyl (C=O) groups is 2. The average molecular weight is 418 g/mol. The summed E-state index contributed by atoms with van der Waals surface area (Å²) in [6.07, 6.45) is -1.15. The van der Waals surface area contributed by atoms with Crippen LogP contribution in [0.4, 0.5) is 5.69 Å². The molecular weight excluding hydrogens is 396 g/mol. The van der Waals surface area contributed by atoms with Gasteiger partial charge in [0.05, 0.1) is 5.69 Å². The minimum atomic E-state index is -1.34. The Balaban J connectivity index is 1.79. The molecule has 0 aromatic heterocycles. The second kappa shape index (κ2) is 8.99. The summed E-state index contributed by atoms with van der Waals surface area (Å²) in [5, 5.41) is 12.3. The first-order valence-electron chi connectivity index (χ1n) is 9.89. The van der Waals surface area contributed by atoms with E-state index in [0.29, 0.717) is 29.0 Å². The third kappa shape index (κ3) is 4.28. The van der Waals surface area contributed by atoms with Gasteiger partial charge in [0, 0.05) is 6.42 Å². The summed E-state index contributed by atoms with van der Waals surface area (Å²) in [5.41, 5.74) is 3.39. The summed E-state index contributed by atoms with van der Waals surface area (Å²) in [4.78, 5) is 28.4. The number of aliphatic carboxylic acids is 1. The number of carboxylic acid groups (broad SMARTS) is 1. The highest BCUT2D eigenvalue weighted by Gasteiger charge is 2.30. The molecule has 1 aliphatic heterocycles. The predicted molar refractivity (Wildman–Crippen MR) is 114 cm³/mol. The van der Waals surface area contributed by atoms with Crippen molar-refractivity contribution in [3.05, 3.63) is 95.1 Å². The Hall–Kier alpha value is -3.68. The van der Waals surface area contributed by atoms with Crippen LogP contribution in [0.1, 0.15) is 40.9 Å². The Labute approximate surface area is 179 Å². The maximum absolute atomic E-state index is 12.1. The topological polar surface area (TPSA) is 111 Å². The van der Waals surface area contributed by atoms with Gasteiger partial charge in [-0.3, -0.25) is 9.63 Å². The summed E-state index contributed by atoms with van der Waals surface area (Å²) < 4.78 is 6.43. The number of carboxylic acids is 1. The van der Waals surface area contributed by atoms with Crippen LogP contribution in [0.25, 0.3) is 0 Å². The molecule has 158 valence electrons. The first-order chi connectivity index (χ1) is 15.1. The van der Waals surface area contributed by atoms with Crippen molar-refractivity contribution in [2.75, 3.05) is 5.32 Å². The van der Waals surface area contributed by atoms with Gasteiger partial charge in [0.2, 0.25) is 12.0 Å².